The standard InChI is InChI=1S/C17H31N3O.ClH/c1-3-7-15(8-4-1)18-17(20-11-13-21-14-12-20)19-16-9-5-2-6-10-16;/h15-16H,1-14H2,(H,18,19);1H. The van der Waals surface area contributed by atoms with Crippen LogP contribution in [0, 0.1) is 0 Å². The van der Waals surface area contributed by atoms with Crippen molar-refractivity contribution in [2.24, 2.45) is 4.99 Å². The Balaban J connectivity index is 0.00000176. The maximum atomic E-state index is 5.51. The molecule has 0 aromatic rings. The van der Waals surface area contributed by atoms with Crippen LogP contribution >= 0.6 is 12.4 Å². The van der Waals surface area contributed by atoms with Gasteiger partial charge in [-0.25, -0.2) is 4.99 Å². The minimum atomic E-state index is 0. The number of guanidine groups is 1. The van der Waals surface area contributed by atoms with Crippen LogP contribution in [0.25, 0.3) is 0 Å². The molecule has 128 valence electrons. The molecule has 22 heavy (non-hydrogen) atoms. The third-order valence-corrected chi connectivity index (χ3v) is 5.13. The van der Waals surface area contributed by atoms with E-state index in [0.717, 1.165) is 26.3 Å². The van der Waals surface area contributed by atoms with Crippen molar-refractivity contribution in [3.8, 4) is 0 Å². The summed E-state index contributed by atoms with van der Waals surface area (Å²) < 4.78 is 5.51. The van der Waals surface area contributed by atoms with Crippen molar-refractivity contribution >= 4 is 18.4 Å². The number of aliphatic imine (C=N–C) groups is 1. The largest absolute Gasteiger partial charge is 0.378 e. The van der Waals surface area contributed by atoms with Crippen LogP contribution in [0.2, 0.25) is 0 Å². The van der Waals surface area contributed by atoms with E-state index in [1.165, 1.54) is 70.2 Å². The van der Waals surface area contributed by atoms with Gasteiger partial charge in [-0.2, -0.15) is 0 Å². The van der Waals surface area contributed by atoms with E-state index >= 15 is 0 Å². The van der Waals surface area contributed by atoms with Gasteiger partial charge < -0.3 is 15.0 Å². The van der Waals surface area contributed by atoms with E-state index in [9.17, 15) is 0 Å². The van der Waals surface area contributed by atoms with Crippen molar-refractivity contribution in [3.05, 3.63) is 0 Å². The smallest absolute Gasteiger partial charge is 0.194 e. The molecule has 3 rings (SSSR count). The molecule has 1 heterocycles. The summed E-state index contributed by atoms with van der Waals surface area (Å²) in [5, 5.41) is 3.79. The highest BCUT2D eigenvalue weighted by molar-refractivity contribution is 5.85. The van der Waals surface area contributed by atoms with Crippen molar-refractivity contribution in [3.63, 3.8) is 0 Å². The fourth-order valence-electron chi connectivity index (χ4n) is 3.80. The average molecular weight is 330 g/mol. The second-order valence-electron chi connectivity index (χ2n) is 6.82. The maximum Gasteiger partial charge on any atom is 0.194 e. The molecular weight excluding hydrogens is 298 g/mol. The Morgan fingerprint density at radius 1 is 0.864 bits per heavy atom. The third-order valence-electron chi connectivity index (χ3n) is 5.13. The molecule has 2 saturated carbocycles. The van der Waals surface area contributed by atoms with Gasteiger partial charge in [0.05, 0.1) is 19.3 Å². The lowest BCUT2D eigenvalue weighted by Crippen LogP contribution is -2.51. The first-order valence-electron chi connectivity index (χ1n) is 9.09. The summed E-state index contributed by atoms with van der Waals surface area (Å²) in [6, 6.07) is 1.19. The molecule has 2 aliphatic carbocycles. The molecule has 5 heteroatoms. The van der Waals surface area contributed by atoms with Gasteiger partial charge in [0.1, 0.15) is 0 Å². The minimum absolute atomic E-state index is 0. The van der Waals surface area contributed by atoms with E-state index in [2.05, 4.69) is 10.2 Å². The number of morpholine rings is 1. The number of nitrogens with zero attached hydrogens (tertiary/aromatic N) is 2. The van der Waals surface area contributed by atoms with Crippen LogP contribution < -0.4 is 5.32 Å². The van der Waals surface area contributed by atoms with E-state index in [1.807, 2.05) is 0 Å². The Labute approximate surface area is 141 Å². The van der Waals surface area contributed by atoms with Crippen molar-refractivity contribution in [2.75, 3.05) is 26.3 Å². The monoisotopic (exact) mass is 329 g/mol. The van der Waals surface area contributed by atoms with Gasteiger partial charge in [-0.1, -0.05) is 38.5 Å². The Morgan fingerprint density at radius 3 is 2.09 bits per heavy atom. The summed E-state index contributed by atoms with van der Waals surface area (Å²) in [6.07, 6.45) is 13.4. The van der Waals surface area contributed by atoms with Gasteiger partial charge in [-0.05, 0) is 25.7 Å². The molecule has 0 atom stereocenters. The quantitative estimate of drug-likeness (QED) is 0.623. The number of ether oxygens (including phenoxy) is 1. The molecule has 1 N–H and O–H groups in total. The first kappa shape index (κ1) is 17.9. The van der Waals surface area contributed by atoms with Crippen molar-refractivity contribution in [2.45, 2.75) is 76.3 Å². The summed E-state index contributed by atoms with van der Waals surface area (Å²) in [5.41, 5.74) is 0. The van der Waals surface area contributed by atoms with E-state index in [4.69, 9.17) is 9.73 Å². The zero-order valence-corrected chi connectivity index (χ0v) is 14.6. The predicted molar refractivity (Wildman–Crippen MR) is 94.0 cm³/mol. The van der Waals surface area contributed by atoms with Crippen molar-refractivity contribution in [1.82, 2.24) is 10.2 Å². The first-order valence-corrected chi connectivity index (χ1v) is 9.09. The zero-order valence-electron chi connectivity index (χ0n) is 13.8. The van der Waals surface area contributed by atoms with E-state index < -0.39 is 0 Å². The van der Waals surface area contributed by atoms with Gasteiger partial charge in [0.2, 0.25) is 0 Å². The Kier molecular flexibility index (Phi) is 7.81. The molecule has 0 aromatic carbocycles. The number of hydrogen-bond acceptors (Lipinski definition) is 2. The SMILES string of the molecule is C1CCC(N=C(NC2CCCCC2)N2CCOCC2)CC1.Cl. The third kappa shape index (κ3) is 5.31. The lowest BCUT2D eigenvalue weighted by Gasteiger charge is -2.34. The van der Waals surface area contributed by atoms with Crippen molar-refractivity contribution in [1.29, 1.82) is 0 Å². The fraction of sp³-hybridized carbons (Fsp3) is 0.941. The summed E-state index contributed by atoms with van der Waals surface area (Å²) in [6.45, 7) is 3.67. The van der Waals surface area contributed by atoms with E-state index in [-0.39, 0.29) is 12.4 Å². The average Bonchev–Trinajstić information content (AvgIpc) is 2.57. The van der Waals surface area contributed by atoms with Crippen molar-refractivity contribution < 1.29 is 4.74 Å². The number of rotatable bonds is 2. The van der Waals surface area contributed by atoms with E-state index in [1.54, 1.807) is 0 Å². The molecule has 0 bridgehead atoms. The van der Waals surface area contributed by atoms with Gasteiger partial charge >= 0.3 is 0 Å². The molecule has 1 saturated heterocycles. The van der Waals surface area contributed by atoms with Crippen LogP contribution in [0.1, 0.15) is 64.2 Å². The van der Waals surface area contributed by atoms with Gasteiger partial charge in [-0.15, -0.1) is 12.4 Å². The van der Waals surface area contributed by atoms with Crippen LogP contribution in [0.15, 0.2) is 4.99 Å². The second-order valence-corrected chi connectivity index (χ2v) is 6.82. The molecule has 0 aromatic heterocycles. The predicted octanol–water partition coefficient (Wildman–Crippen LogP) is 3.35. The Hall–Kier alpha value is -0.480. The highest BCUT2D eigenvalue weighted by Gasteiger charge is 2.22. The van der Waals surface area contributed by atoms with E-state index in [0.29, 0.717) is 12.1 Å². The Morgan fingerprint density at radius 2 is 1.45 bits per heavy atom. The van der Waals surface area contributed by atoms with Crippen LogP contribution in [-0.2, 0) is 4.74 Å². The topological polar surface area (TPSA) is 36.9 Å². The summed E-state index contributed by atoms with van der Waals surface area (Å²) in [4.78, 5) is 7.55. The van der Waals surface area contributed by atoms with Crippen LogP contribution in [0.3, 0.4) is 0 Å². The zero-order chi connectivity index (χ0) is 14.3. The van der Waals surface area contributed by atoms with Gasteiger partial charge in [0.15, 0.2) is 5.96 Å². The van der Waals surface area contributed by atoms with Crippen LogP contribution in [0.5, 0.6) is 0 Å². The highest BCUT2D eigenvalue weighted by Crippen LogP contribution is 2.22. The summed E-state index contributed by atoms with van der Waals surface area (Å²) >= 11 is 0. The molecule has 3 fully saturated rings. The van der Waals surface area contributed by atoms with Crippen LogP contribution in [-0.4, -0.2) is 49.2 Å². The molecule has 0 unspecified atom stereocenters. The number of halogens is 1. The normalized spacial score (nSPS) is 25.6. The molecule has 3 aliphatic rings. The summed E-state index contributed by atoms with van der Waals surface area (Å²) in [5.74, 6) is 1.18. The highest BCUT2D eigenvalue weighted by atomic mass is 35.5. The molecule has 0 spiro atoms. The van der Waals surface area contributed by atoms with Gasteiger partial charge in [0, 0.05) is 19.1 Å². The maximum absolute atomic E-state index is 5.51. The van der Waals surface area contributed by atoms with Crippen LogP contribution in [0.4, 0.5) is 0 Å². The first-order chi connectivity index (χ1) is 10.4. The van der Waals surface area contributed by atoms with Gasteiger partial charge in [-0.3, -0.25) is 0 Å². The molecule has 4 nitrogen and oxygen atoms in total. The molecular formula is C17H32ClN3O. The second kappa shape index (κ2) is 9.61. The molecule has 1 aliphatic heterocycles. The Bertz CT molecular complexity index is 333. The lowest BCUT2D eigenvalue weighted by molar-refractivity contribution is 0.0657. The number of nitrogens with one attached hydrogen (secondary N) is 1. The summed E-state index contributed by atoms with van der Waals surface area (Å²) in [7, 11) is 0. The lowest BCUT2D eigenvalue weighted by atomic mass is 9.95. The molecule has 0 radical (unpaired) electrons. The molecule has 0 amide bonds. The fourth-order valence-corrected chi connectivity index (χ4v) is 3.80. The minimum Gasteiger partial charge on any atom is -0.378 e. The van der Waals surface area contributed by atoms with Gasteiger partial charge in [0.25, 0.3) is 0 Å². The number of hydrogen-bond donors (Lipinski definition) is 1.